The molecule has 0 bridgehead atoms. The van der Waals surface area contributed by atoms with Crippen LogP contribution in [0.3, 0.4) is 0 Å². The Morgan fingerprint density at radius 1 is 1.25 bits per heavy atom. The molecule has 0 amide bonds. The minimum absolute atomic E-state index is 0.160. The van der Waals surface area contributed by atoms with Crippen molar-refractivity contribution < 1.29 is 12.8 Å². The fourth-order valence-corrected chi connectivity index (χ4v) is 2.30. The summed E-state index contributed by atoms with van der Waals surface area (Å²) in [7, 11) is -3.65. The summed E-state index contributed by atoms with van der Waals surface area (Å²) in [6.45, 7) is 3.48. The molecular weight excluding hydrogens is 226 g/mol. The predicted octanol–water partition coefficient (Wildman–Crippen LogP) is 2.15. The maximum absolute atomic E-state index is 12.0. The number of hydrogen-bond donors (Lipinski definition) is 0. The van der Waals surface area contributed by atoms with Crippen molar-refractivity contribution in [3.63, 3.8) is 0 Å². The summed E-state index contributed by atoms with van der Waals surface area (Å²) < 4.78 is 28.8. The van der Waals surface area contributed by atoms with Crippen LogP contribution in [0.2, 0.25) is 0 Å². The van der Waals surface area contributed by atoms with Gasteiger partial charge in [-0.15, -0.1) is 0 Å². The van der Waals surface area contributed by atoms with E-state index in [9.17, 15) is 8.42 Å². The maximum Gasteiger partial charge on any atom is 0.320 e. The molecule has 1 heterocycles. The monoisotopic (exact) mass is 235 g/mol. The molecule has 4 nitrogen and oxygen atoms in total. The zero-order valence-electron chi connectivity index (χ0n) is 8.33. The molecule has 0 fully saturated rings. The molecule has 0 aliphatic carbocycles. The van der Waals surface area contributed by atoms with Crippen LogP contribution in [0.5, 0.6) is 0 Å². The summed E-state index contributed by atoms with van der Waals surface area (Å²) in [6.07, 6.45) is 2.68. The molecule has 16 heavy (non-hydrogen) atoms. The average Bonchev–Trinajstić information content (AvgIpc) is 2.79. The van der Waals surface area contributed by atoms with Crippen molar-refractivity contribution >= 4 is 15.9 Å². The Balaban J connectivity index is 2.51. The highest BCUT2D eigenvalue weighted by Crippen LogP contribution is 2.19. The van der Waals surface area contributed by atoms with Gasteiger partial charge in [-0.3, -0.25) is 0 Å². The highest BCUT2D eigenvalue weighted by molar-refractivity contribution is 7.91. The number of aromatic nitrogens is 1. The summed E-state index contributed by atoms with van der Waals surface area (Å²) >= 11 is 0. The van der Waals surface area contributed by atoms with Gasteiger partial charge in [0, 0.05) is 0 Å². The minimum Gasteiger partial charge on any atom is -0.436 e. The first kappa shape index (κ1) is 10.6. The topological polar surface area (TPSA) is 60.2 Å². The van der Waals surface area contributed by atoms with E-state index in [1.54, 1.807) is 18.2 Å². The molecule has 0 saturated heterocycles. The van der Waals surface area contributed by atoms with E-state index in [1.165, 1.54) is 24.5 Å². The fourth-order valence-electron chi connectivity index (χ4n) is 1.19. The Morgan fingerprint density at radius 2 is 1.94 bits per heavy atom. The van der Waals surface area contributed by atoms with Gasteiger partial charge in [0.15, 0.2) is 0 Å². The van der Waals surface area contributed by atoms with Crippen molar-refractivity contribution in [1.82, 2.24) is 4.98 Å². The van der Waals surface area contributed by atoms with Gasteiger partial charge in [-0.05, 0) is 18.2 Å². The van der Waals surface area contributed by atoms with Gasteiger partial charge in [0.1, 0.15) is 12.0 Å². The minimum atomic E-state index is -3.65. The number of rotatable bonds is 3. The number of nitrogens with zero attached hydrogens (tertiary/aromatic N) is 1. The molecule has 0 unspecified atom stereocenters. The van der Waals surface area contributed by atoms with Crippen LogP contribution in [0.4, 0.5) is 0 Å². The van der Waals surface area contributed by atoms with Gasteiger partial charge in [-0.25, -0.2) is 8.42 Å². The van der Waals surface area contributed by atoms with E-state index >= 15 is 0 Å². The normalized spacial score (nSPS) is 11.2. The van der Waals surface area contributed by atoms with Gasteiger partial charge in [0.05, 0.1) is 4.90 Å². The van der Waals surface area contributed by atoms with Crippen molar-refractivity contribution in [3.8, 4) is 0 Å². The van der Waals surface area contributed by atoms with Gasteiger partial charge in [-0.2, -0.15) is 4.98 Å². The molecule has 0 atom stereocenters. The summed E-state index contributed by atoms with van der Waals surface area (Å²) in [5.74, 6) is 0. The first-order chi connectivity index (χ1) is 7.64. The molecule has 0 saturated carbocycles. The Morgan fingerprint density at radius 3 is 2.50 bits per heavy atom. The molecule has 0 spiro atoms. The van der Waals surface area contributed by atoms with Gasteiger partial charge < -0.3 is 4.42 Å². The van der Waals surface area contributed by atoms with Crippen molar-refractivity contribution in [2.24, 2.45) is 0 Å². The van der Waals surface area contributed by atoms with Crippen molar-refractivity contribution in [2.45, 2.75) is 10.1 Å². The van der Waals surface area contributed by atoms with Gasteiger partial charge in [-0.1, -0.05) is 24.8 Å². The second-order valence-electron chi connectivity index (χ2n) is 3.06. The van der Waals surface area contributed by atoms with E-state index in [-0.39, 0.29) is 10.1 Å². The molecule has 82 valence electrons. The van der Waals surface area contributed by atoms with Crippen LogP contribution in [-0.2, 0) is 9.84 Å². The van der Waals surface area contributed by atoms with Crippen LogP contribution in [0.15, 0.2) is 57.7 Å². The molecule has 0 radical (unpaired) electrons. The fraction of sp³-hybridized carbons (Fsp3) is 0. The predicted molar refractivity (Wildman–Crippen MR) is 58.5 cm³/mol. The quantitative estimate of drug-likeness (QED) is 0.817. The van der Waals surface area contributed by atoms with Gasteiger partial charge in [0.25, 0.3) is 9.84 Å². The number of oxazole rings is 1. The molecule has 1 aromatic heterocycles. The molecule has 2 rings (SSSR count). The third-order valence-corrected chi connectivity index (χ3v) is 3.53. The lowest BCUT2D eigenvalue weighted by Gasteiger charge is -1.97. The molecule has 0 aliphatic heterocycles. The van der Waals surface area contributed by atoms with Crippen LogP contribution >= 0.6 is 0 Å². The van der Waals surface area contributed by atoms with Gasteiger partial charge in [0.2, 0.25) is 0 Å². The number of sulfone groups is 1. The van der Waals surface area contributed by atoms with E-state index in [0.29, 0.717) is 5.69 Å². The first-order valence-electron chi connectivity index (χ1n) is 4.52. The third-order valence-electron chi connectivity index (χ3n) is 1.99. The second-order valence-corrected chi connectivity index (χ2v) is 4.89. The molecular formula is C11H9NO3S. The first-order valence-corrected chi connectivity index (χ1v) is 6.01. The summed E-state index contributed by atoms with van der Waals surface area (Å²) in [6, 6.07) is 8.01. The van der Waals surface area contributed by atoms with Crippen molar-refractivity contribution in [1.29, 1.82) is 0 Å². The number of benzene rings is 1. The Labute approximate surface area is 93.2 Å². The lowest BCUT2D eigenvalue weighted by Crippen LogP contribution is -2.01. The SMILES string of the molecule is C=Cc1coc(S(=O)(=O)c2ccccc2)n1. The molecule has 2 aromatic rings. The van der Waals surface area contributed by atoms with E-state index in [2.05, 4.69) is 11.6 Å². The van der Waals surface area contributed by atoms with Crippen LogP contribution in [-0.4, -0.2) is 13.4 Å². The average molecular weight is 235 g/mol. The lowest BCUT2D eigenvalue weighted by molar-refractivity contribution is 0.430. The largest absolute Gasteiger partial charge is 0.436 e. The zero-order chi connectivity index (χ0) is 11.6. The Bertz CT molecular complexity index is 599. The second kappa shape index (κ2) is 3.94. The summed E-state index contributed by atoms with van der Waals surface area (Å²) in [4.78, 5) is 3.96. The van der Waals surface area contributed by atoms with Crippen molar-refractivity contribution in [3.05, 3.63) is 48.9 Å². The third kappa shape index (κ3) is 1.77. The highest BCUT2D eigenvalue weighted by atomic mass is 32.2. The zero-order valence-corrected chi connectivity index (χ0v) is 9.15. The molecule has 1 aromatic carbocycles. The van der Waals surface area contributed by atoms with Crippen molar-refractivity contribution in [2.75, 3.05) is 0 Å². The van der Waals surface area contributed by atoms with E-state index in [1.807, 2.05) is 0 Å². The lowest BCUT2D eigenvalue weighted by atomic mass is 10.4. The highest BCUT2D eigenvalue weighted by Gasteiger charge is 2.22. The smallest absolute Gasteiger partial charge is 0.320 e. The maximum atomic E-state index is 12.0. The molecule has 0 aliphatic rings. The van der Waals surface area contributed by atoms with Crippen LogP contribution in [0, 0.1) is 0 Å². The molecule has 5 heteroatoms. The Kier molecular flexibility index (Phi) is 2.62. The molecule has 0 N–H and O–H groups in total. The Hall–Kier alpha value is -1.88. The summed E-state index contributed by atoms with van der Waals surface area (Å²) in [5.41, 5.74) is 0.398. The van der Waals surface area contributed by atoms with Gasteiger partial charge >= 0.3 is 5.22 Å². The van der Waals surface area contributed by atoms with Crippen LogP contribution in [0.25, 0.3) is 6.08 Å². The van der Waals surface area contributed by atoms with E-state index < -0.39 is 9.84 Å². The van der Waals surface area contributed by atoms with Crippen LogP contribution < -0.4 is 0 Å². The summed E-state index contributed by atoms with van der Waals surface area (Å²) in [5, 5.41) is -0.311. The van der Waals surface area contributed by atoms with E-state index in [0.717, 1.165) is 0 Å². The van der Waals surface area contributed by atoms with Crippen LogP contribution in [0.1, 0.15) is 5.69 Å². The van der Waals surface area contributed by atoms with E-state index in [4.69, 9.17) is 4.42 Å². The number of hydrogen-bond acceptors (Lipinski definition) is 4. The standard InChI is InChI=1S/C11H9NO3S/c1-2-9-8-15-11(12-9)16(13,14)10-6-4-3-5-7-10/h2-8H,1H2.